The Balaban J connectivity index is 0.00000177. The lowest BCUT2D eigenvalue weighted by Crippen LogP contribution is -2.41. The summed E-state index contributed by atoms with van der Waals surface area (Å²) in [5.41, 5.74) is 0.0324. The Morgan fingerprint density at radius 3 is 0.879 bits per heavy atom. The summed E-state index contributed by atoms with van der Waals surface area (Å²) in [5, 5.41) is 1.77. The van der Waals surface area contributed by atoms with E-state index < -0.39 is 0 Å². The van der Waals surface area contributed by atoms with Gasteiger partial charge in [-0.05, 0) is 37.2 Å². The van der Waals surface area contributed by atoms with E-state index in [0.29, 0.717) is 4.34 Å². The molecule has 2 rings (SSSR count). The number of unbranched alkanes of at least 4 members (excludes halogenated alkanes) is 34. The van der Waals surface area contributed by atoms with Gasteiger partial charge < -0.3 is 4.48 Å². The van der Waals surface area contributed by atoms with Gasteiger partial charge in [-0.2, -0.15) is 0 Å². The largest absolute Gasteiger partial charge is 0.328 e. The summed E-state index contributed by atoms with van der Waals surface area (Å²) in [6.07, 6.45) is 52.9. The predicted molar refractivity (Wildman–Crippen MR) is 264 cm³/mol. The maximum absolute atomic E-state index is 10.5. The van der Waals surface area contributed by atoms with Crippen LogP contribution in [-0.2, 0) is 14.1 Å². The van der Waals surface area contributed by atoms with Gasteiger partial charge in [0.05, 0.1) is 27.2 Å². The molecule has 0 fully saturated rings. The highest BCUT2D eigenvalue weighted by atomic mass is 35.5. The molecule has 58 heavy (non-hydrogen) atoms. The van der Waals surface area contributed by atoms with Crippen molar-refractivity contribution in [3.63, 3.8) is 0 Å². The number of halogens is 1. The number of rotatable bonds is 38. The lowest BCUT2D eigenvalue weighted by molar-refractivity contribution is -0.890. The summed E-state index contributed by atoms with van der Waals surface area (Å²) in [7, 11) is 8.37. The van der Waals surface area contributed by atoms with Gasteiger partial charge in [0.2, 0.25) is 0 Å². The molecule has 0 atom stereocenters. The van der Waals surface area contributed by atoms with Crippen molar-refractivity contribution < 1.29 is 4.48 Å². The summed E-state index contributed by atoms with van der Waals surface area (Å²) >= 11 is 8.11. The van der Waals surface area contributed by atoms with Crippen LogP contribution in [0.5, 0.6) is 0 Å². The Morgan fingerprint density at radius 2 is 0.724 bits per heavy atom. The van der Waals surface area contributed by atoms with Gasteiger partial charge >= 0.3 is 0 Å². The van der Waals surface area contributed by atoms with Crippen molar-refractivity contribution in [2.45, 2.75) is 245 Å². The van der Waals surface area contributed by atoms with Crippen LogP contribution in [0.2, 0.25) is 4.34 Å². The third-order valence-corrected chi connectivity index (χ3v) is 13.6. The highest BCUT2D eigenvalue weighted by Gasteiger charge is 2.13. The first-order valence-electron chi connectivity index (χ1n) is 24.9. The molecule has 0 saturated carbocycles. The summed E-state index contributed by atoms with van der Waals surface area (Å²) in [5.74, 6) is 0. The van der Waals surface area contributed by atoms with Crippen molar-refractivity contribution in [2.24, 2.45) is 14.1 Å². The van der Waals surface area contributed by atoms with Crippen molar-refractivity contribution in [1.29, 1.82) is 0 Å². The average Bonchev–Trinajstić information content (AvgIpc) is 3.72. The van der Waals surface area contributed by atoms with E-state index in [2.05, 4.69) is 27.9 Å². The highest BCUT2D eigenvalue weighted by molar-refractivity contribution is 7.11. The number of aromatic nitrogens is 2. The molecule has 0 N–H and O–H groups in total. The molecule has 0 aromatic carbocycles. The highest BCUT2D eigenvalue weighted by Crippen LogP contribution is 2.17. The van der Waals surface area contributed by atoms with Crippen LogP contribution < -0.4 is 11.1 Å². The molecule has 2 heterocycles. The minimum atomic E-state index is -0.0417. The van der Waals surface area contributed by atoms with E-state index in [4.69, 9.17) is 11.6 Å². The first-order chi connectivity index (χ1) is 28.1. The zero-order valence-electron chi connectivity index (χ0n) is 39.5. The Labute approximate surface area is 374 Å². The Hall–Kier alpha value is -0.890. The van der Waals surface area contributed by atoms with E-state index in [1.807, 2.05) is 0 Å². The number of hydrogen-bond acceptors (Lipinski definition) is 4. The first kappa shape index (κ1) is 57.1. The van der Waals surface area contributed by atoms with E-state index in [1.54, 1.807) is 29.5 Å². The molecule has 8 heteroatoms. The minimum absolute atomic E-state index is 0.0417. The van der Waals surface area contributed by atoms with E-state index >= 15 is 0 Å². The van der Waals surface area contributed by atoms with Crippen LogP contribution in [-0.4, -0.2) is 39.6 Å². The van der Waals surface area contributed by atoms with Gasteiger partial charge in [0.25, 0.3) is 11.1 Å². The van der Waals surface area contributed by atoms with Gasteiger partial charge in [-0.3, -0.25) is 17.5 Å². The summed E-state index contributed by atoms with van der Waals surface area (Å²) < 4.78 is 4.83. The van der Waals surface area contributed by atoms with Gasteiger partial charge in [-0.15, -0.1) is 0 Å². The maximum atomic E-state index is 10.5. The summed E-state index contributed by atoms with van der Waals surface area (Å²) in [6, 6.07) is 2.94. The topological polar surface area (TPSA) is 44.0 Å². The first-order valence-corrected chi connectivity index (χ1v) is 26.9. The van der Waals surface area contributed by atoms with Crippen molar-refractivity contribution in [3.8, 4) is 0 Å². The van der Waals surface area contributed by atoms with Crippen LogP contribution in [0.1, 0.15) is 245 Å². The van der Waals surface area contributed by atoms with Gasteiger partial charge in [-0.1, -0.05) is 242 Å². The fourth-order valence-electron chi connectivity index (χ4n) is 7.72. The Morgan fingerprint density at radius 1 is 0.448 bits per heavy atom. The number of aryl methyl sites for hydroxylation is 2. The molecule has 0 bridgehead atoms. The molecule has 0 aliphatic rings. The zero-order chi connectivity index (χ0) is 42.8. The normalized spacial score (nSPS) is 11.4. The predicted octanol–water partition coefficient (Wildman–Crippen LogP) is 16.7. The van der Waals surface area contributed by atoms with Crippen LogP contribution in [0, 0.1) is 0 Å². The van der Waals surface area contributed by atoms with Crippen molar-refractivity contribution in [2.75, 3.05) is 27.2 Å². The third-order valence-electron chi connectivity index (χ3n) is 11.7. The Bertz CT molecular complexity index is 1180. The molecular formula is C50H97ClN3O2S2+. The maximum Gasteiger partial charge on any atom is 0.261 e. The van der Waals surface area contributed by atoms with E-state index in [9.17, 15) is 9.59 Å². The second kappa shape index (κ2) is 42.8. The molecule has 0 saturated heterocycles. The lowest BCUT2D eigenvalue weighted by atomic mass is 10.0. The smallest absolute Gasteiger partial charge is 0.261 e. The minimum Gasteiger partial charge on any atom is -0.328 e. The molecule has 2 aromatic rings. The summed E-state index contributed by atoms with van der Waals surface area (Å²) in [4.78, 5) is 20.9. The van der Waals surface area contributed by atoms with Gasteiger partial charge in [0.1, 0.15) is 4.34 Å². The third kappa shape index (κ3) is 40.5. The van der Waals surface area contributed by atoms with Crippen LogP contribution in [0.15, 0.2) is 27.1 Å². The van der Waals surface area contributed by atoms with Crippen LogP contribution in [0.3, 0.4) is 0 Å². The van der Waals surface area contributed by atoms with Gasteiger partial charge in [0, 0.05) is 31.6 Å². The molecule has 0 radical (unpaired) electrons. The lowest BCUT2D eigenvalue weighted by Gasteiger charge is -2.30. The molecule has 0 spiro atoms. The fourth-order valence-corrected chi connectivity index (χ4v) is 9.21. The Kier molecular flexibility index (Phi) is 42.1. The summed E-state index contributed by atoms with van der Waals surface area (Å²) in [6.45, 7) is 7.39. The van der Waals surface area contributed by atoms with Crippen molar-refractivity contribution >= 4 is 34.7 Å². The van der Waals surface area contributed by atoms with E-state index in [0.717, 1.165) is 0 Å². The van der Waals surface area contributed by atoms with Crippen LogP contribution in [0.25, 0.3) is 0 Å². The molecule has 5 nitrogen and oxygen atoms in total. The quantitative estimate of drug-likeness (QED) is 0.0498. The van der Waals surface area contributed by atoms with Gasteiger partial charge in [-0.25, -0.2) is 0 Å². The average molecular weight is 872 g/mol. The van der Waals surface area contributed by atoms with Crippen LogP contribution >= 0.6 is 34.7 Å². The van der Waals surface area contributed by atoms with Crippen molar-refractivity contribution in [1.82, 2.24) is 7.91 Å². The number of quaternary nitrogens is 1. The molecule has 0 aliphatic heterocycles. The molecule has 0 unspecified atom stereocenters. The number of hydrogen-bond donors (Lipinski definition) is 0. The molecule has 0 amide bonds. The monoisotopic (exact) mass is 871 g/mol. The fraction of sp³-hybridized carbons (Fsp3) is 0.880. The van der Waals surface area contributed by atoms with E-state index in [1.165, 1.54) is 282 Å². The second-order valence-corrected chi connectivity index (χ2v) is 20.9. The second-order valence-electron chi connectivity index (χ2n) is 18.0. The number of nitrogens with zero attached hydrogens (tertiary/aromatic N) is 3. The van der Waals surface area contributed by atoms with Crippen LogP contribution in [0.4, 0.5) is 0 Å². The molecule has 2 aromatic heterocycles. The van der Waals surface area contributed by atoms with E-state index in [-0.39, 0.29) is 11.1 Å². The molecular weight excluding hydrogens is 774 g/mol. The molecule has 342 valence electrons. The SMILES string of the molecule is CCCCCCCCCCCCCCCCCCCC[N+](C)(C)CCCCCCCCCCCCCCCCCCCC.Cn1sc(Cl)cc1=O.Cn1sccc1=O. The standard InChI is InChI=1S/C42H88N.C4H4ClNOS.C4H5NOS/c1-5-7-9-11-13-15-17-19-21-23-25-27-29-31-33-35-37-39-41-43(3,4)42-40-38-36-34-32-30-28-26-24-22-20-18-16-14-12-10-8-6-2;1-6-4(7)2-3(5)8-6;1-5-4(6)2-3-7-5/h5-42H2,1-4H3;2H,1H3;2-3H,1H3/q+1;;. The van der Waals surface area contributed by atoms with Crippen molar-refractivity contribution in [3.05, 3.63) is 42.6 Å². The molecule has 0 aliphatic carbocycles. The zero-order valence-corrected chi connectivity index (χ0v) is 41.8. The van der Waals surface area contributed by atoms with Gasteiger partial charge in [0.15, 0.2) is 0 Å².